The molecule has 0 aromatic heterocycles. The van der Waals surface area contributed by atoms with Crippen molar-refractivity contribution in [3.8, 4) is 5.75 Å². The number of para-hydroxylation sites is 1. The molecular weight excluding hydrogens is 388 g/mol. The van der Waals surface area contributed by atoms with Gasteiger partial charge in [0.25, 0.3) is 0 Å². The highest BCUT2D eigenvalue weighted by Gasteiger charge is 2.17. The third-order valence-electron chi connectivity index (χ3n) is 5.79. The summed E-state index contributed by atoms with van der Waals surface area (Å²) in [6.45, 7) is 6.30. The number of rotatable bonds is 6. The zero-order valence-electron chi connectivity index (χ0n) is 17.8. The van der Waals surface area contributed by atoms with Crippen LogP contribution >= 0.6 is 0 Å². The van der Waals surface area contributed by atoms with Crippen LogP contribution in [-0.4, -0.2) is 54.3 Å². The molecular formula is C25H28N4O2. The predicted molar refractivity (Wildman–Crippen MR) is 126 cm³/mol. The van der Waals surface area contributed by atoms with E-state index in [1.165, 1.54) is 5.69 Å². The number of hydrazone groups is 1. The van der Waals surface area contributed by atoms with E-state index >= 15 is 0 Å². The molecule has 1 saturated heterocycles. The zero-order chi connectivity index (χ0) is 21.6. The van der Waals surface area contributed by atoms with Crippen LogP contribution in [0.5, 0.6) is 5.75 Å². The van der Waals surface area contributed by atoms with Crippen LogP contribution in [0.15, 0.2) is 71.8 Å². The Hall–Kier alpha value is -3.38. The molecule has 1 amide bonds. The molecule has 1 aliphatic rings. The quantitative estimate of drug-likeness (QED) is 0.476. The average molecular weight is 417 g/mol. The second-order valence-electron chi connectivity index (χ2n) is 7.83. The van der Waals surface area contributed by atoms with Gasteiger partial charge in [-0.05, 0) is 30.5 Å². The van der Waals surface area contributed by atoms with Gasteiger partial charge in [0.1, 0.15) is 5.75 Å². The number of benzene rings is 3. The lowest BCUT2D eigenvalue weighted by Crippen LogP contribution is -2.47. The maximum Gasteiger partial charge on any atom is 0.241 e. The van der Waals surface area contributed by atoms with Gasteiger partial charge < -0.3 is 10.0 Å². The van der Waals surface area contributed by atoms with E-state index in [0.29, 0.717) is 24.2 Å². The third kappa shape index (κ3) is 5.03. The number of hydrogen-bond donors (Lipinski definition) is 2. The topological polar surface area (TPSA) is 68.2 Å². The molecule has 1 heterocycles. The van der Waals surface area contributed by atoms with Crippen molar-refractivity contribution in [2.24, 2.45) is 5.10 Å². The van der Waals surface area contributed by atoms with E-state index in [1.54, 1.807) is 6.92 Å². The summed E-state index contributed by atoms with van der Waals surface area (Å²) in [6.07, 6.45) is 0.395. The Balaban J connectivity index is 1.27. The lowest BCUT2D eigenvalue weighted by atomic mass is 10.0. The van der Waals surface area contributed by atoms with Gasteiger partial charge in [0.15, 0.2) is 0 Å². The molecule has 0 atom stereocenters. The molecule has 31 heavy (non-hydrogen) atoms. The molecule has 2 N–H and O–H groups in total. The average Bonchev–Trinajstić information content (AvgIpc) is 2.82. The first-order valence-corrected chi connectivity index (χ1v) is 10.7. The number of phenolic OH excluding ortho intramolecular Hbond substituents is 1. The summed E-state index contributed by atoms with van der Waals surface area (Å²) < 4.78 is 0. The maximum atomic E-state index is 12.3. The van der Waals surface area contributed by atoms with Crippen molar-refractivity contribution in [2.45, 2.75) is 13.3 Å². The highest BCUT2D eigenvalue weighted by molar-refractivity contribution is 6.06. The number of nitrogens with zero attached hydrogens (tertiary/aromatic N) is 3. The Morgan fingerprint density at radius 2 is 1.68 bits per heavy atom. The van der Waals surface area contributed by atoms with Gasteiger partial charge in [-0.2, -0.15) is 5.10 Å². The van der Waals surface area contributed by atoms with Crippen molar-refractivity contribution >= 4 is 28.1 Å². The summed E-state index contributed by atoms with van der Waals surface area (Å²) in [5, 5.41) is 16.5. The van der Waals surface area contributed by atoms with Crippen LogP contribution in [0.1, 0.15) is 18.9 Å². The van der Waals surface area contributed by atoms with Crippen molar-refractivity contribution in [3.05, 3.63) is 72.3 Å². The number of aromatic hydroxyl groups is 1. The molecule has 0 bridgehead atoms. The number of nitrogens with one attached hydrogen (secondary N) is 1. The number of piperazine rings is 1. The number of carbonyl (C=O) groups is 1. The van der Waals surface area contributed by atoms with Crippen LogP contribution < -0.4 is 10.3 Å². The zero-order valence-corrected chi connectivity index (χ0v) is 17.8. The van der Waals surface area contributed by atoms with Crippen LogP contribution in [0.25, 0.3) is 10.8 Å². The number of carbonyl (C=O) groups excluding carboxylic acids is 1. The minimum absolute atomic E-state index is 0.120. The van der Waals surface area contributed by atoms with Crippen LogP contribution in [0, 0.1) is 0 Å². The summed E-state index contributed by atoms with van der Waals surface area (Å²) in [7, 11) is 0. The van der Waals surface area contributed by atoms with Crippen LogP contribution in [0.2, 0.25) is 0 Å². The normalized spacial score (nSPS) is 15.3. The summed E-state index contributed by atoms with van der Waals surface area (Å²) in [4.78, 5) is 17.0. The fourth-order valence-electron chi connectivity index (χ4n) is 3.94. The Morgan fingerprint density at radius 3 is 2.45 bits per heavy atom. The lowest BCUT2D eigenvalue weighted by molar-refractivity contribution is -0.121. The Morgan fingerprint density at radius 1 is 0.968 bits per heavy atom. The molecule has 0 radical (unpaired) electrons. The molecule has 6 heteroatoms. The van der Waals surface area contributed by atoms with E-state index in [0.717, 1.165) is 37.0 Å². The van der Waals surface area contributed by atoms with Gasteiger partial charge in [-0.3, -0.25) is 9.69 Å². The number of anilines is 1. The highest BCUT2D eigenvalue weighted by Crippen LogP contribution is 2.28. The highest BCUT2D eigenvalue weighted by atomic mass is 16.3. The second-order valence-corrected chi connectivity index (χ2v) is 7.83. The van der Waals surface area contributed by atoms with Crippen LogP contribution in [0.4, 0.5) is 5.69 Å². The maximum absolute atomic E-state index is 12.3. The fourth-order valence-corrected chi connectivity index (χ4v) is 3.94. The van der Waals surface area contributed by atoms with Gasteiger partial charge in [-0.1, -0.05) is 48.5 Å². The first-order chi connectivity index (χ1) is 15.1. The molecule has 0 spiro atoms. The van der Waals surface area contributed by atoms with E-state index in [2.05, 4.69) is 44.6 Å². The molecule has 0 unspecified atom stereocenters. The first kappa shape index (κ1) is 20.9. The number of amides is 1. The van der Waals surface area contributed by atoms with Crippen molar-refractivity contribution in [1.29, 1.82) is 0 Å². The van der Waals surface area contributed by atoms with Gasteiger partial charge in [0, 0.05) is 55.8 Å². The molecule has 0 aliphatic carbocycles. The molecule has 1 aliphatic heterocycles. The number of fused-ring (bicyclic) bond motifs is 1. The van der Waals surface area contributed by atoms with Gasteiger partial charge in [-0.15, -0.1) is 0 Å². The lowest BCUT2D eigenvalue weighted by Gasteiger charge is -2.36. The van der Waals surface area contributed by atoms with Crippen LogP contribution in [0.3, 0.4) is 0 Å². The molecule has 0 saturated carbocycles. The third-order valence-corrected chi connectivity index (χ3v) is 5.79. The van der Waals surface area contributed by atoms with Crippen LogP contribution in [-0.2, 0) is 4.79 Å². The minimum atomic E-state index is -0.120. The van der Waals surface area contributed by atoms with E-state index in [1.807, 2.05) is 42.5 Å². The molecule has 3 aromatic carbocycles. The standard InChI is InChI=1S/C25H28N4O2/c1-19(22-12-11-20-7-5-6-10-23(20)25(22)31)26-27-24(30)13-14-28-15-17-29(18-16-28)21-8-3-2-4-9-21/h2-12,31H,13-18H2,1H3,(H,27,30)/b26-19+. The smallest absolute Gasteiger partial charge is 0.241 e. The summed E-state index contributed by atoms with van der Waals surface area (Å²) in [6, 6.07) is 21.8. The van der Waals surface area contributed by atoms with E-state index in [-0.39, 0.29) is 11.7 Å². The largest absolute Gasteiger partial charge is 0.507 e. The number of hydrogen-bond acceptors (Lipinski definition) is 5. The first-order valence-electron chi connectivity index (χ1n) is 10.7. The van der Waals surface area contributed by atoms with Crippen molar-refractivity contribution in [1.82, 2.24) is 10.3 Å². The Labute approximate surface area is 182 Å². The predicted octanol–water partition coefficient (Wildman–Crippen LogP) is 3.60. The molecule has 1 fully saturated rings. The Bertz CT molecular complexity index is 1070. The second kappa shape index (κ2) is 9.62. The van der Waals surface area contributed by atoms with E-state index in [4.69, 9.17) is 0 Å². The van der Waals surface area contributed by atoms with Gasteiger partial charge in [0.2, 0.25) is 5.91 Å². The number of phenols is 1. The van der Waals surface area contributed by atoms with Gasteiger partial charge in [0.05, 0.1) is 5.71 Å². The van der Waals surface area contributed by atoms with Gasteiger partial charge in [-0.25, -0.2) is 5.43 Å². The van der Waals surface area contributed by atoms with E-state index in [9.17, 15) is 9.90 Å². The van der Waals surface area contributed by atoms with Crippen molar-refractivity contribution in [2.75, 3.05) is 37.6 Å². The summed E-state index contributed by atoms with van der Waals surface area (Å²) in [5.41, 5.74) is 5.08. The molecule has 6 nitrogen and oxygen atoms in total. The summed E-state index contributed by atoms with van der Waals surface area (Å²) in [5.74, 6) is 0.0648. The SMILES string of the molecule is C/C(=N\NC(=O)CCN1CCN(c2ccccc2)CC1)c1ccc2ccccc2c1O. The summed E-state index contributed by atoms with van der Waals surface area (Å²) >= 11 is 0. The fraction of sp³-hybridized carbons (Fsp3) is 0.280. The van der Waals surface area contributed by atoms with Crippen molar-refractivity contribution < 1.29 is 9.90 Å². The van der Waals surface area contributed by atoms with E-state index < -0.39 is 0 Å². The monoisotopic (exact) mass is 416 g/mol. The molecule has 4 rings (SSSR count). The molecule has 3 aromatic rings. The molecule has 160 valence electrons. The Kier molecular flexibility index (Phi) is 6.48. The minimum Gasteiger partial charge on any atom is -0.507 e. The van der Waals surface area contributed by atoms with Crippen molar-refractivity contribution in [3.63, 3.8) is 0 Å². The van der Waals surface area contributed by atoms with Gasteiger partial charge >= 0.3 is 0 Å².